The molecule has 3 aromatic rings. The Morgan fingerprint density at radius 2 is 1.37 bits per heavy atom. The molecule has 1 saturated heterocycles. The van der Waals surface area contributed by atoms with Crippen molar-refractivity contribution in [1.29, 1.82) is 0 Å². The fraction of sp³-hybridized carbons (Fsp3) is 0.429. The third-order valence-electron chi connectivity index (χ3n) is 7.21. The van der Waals surface area contributed by atoms with Crippen LogP contribution in [0.2, 0.25) is 0 Å². The third kappa shape index (κ3) is 9.41. The van der Waals surface area contributed by atoms with E-state index in [2.05, 4.69) is 45.9 Å². The van der Waals surface area contributed by atoms with Crippen molar-refractivity contribution in [2.24, 2.45) is 0 Å². The second-order valence-electron chi connectivity index (χ2n) is 11.8. The van der Waals surface area contributed by atoms with Gasteiger partial charge in [0.05, 0.1) is 13.2 Å². The molecule has 1 heterocycles. The van der Waals surface area contributed by atoms with Gasteiger partial charge in [-0.05, 0) is 40.7 Å². The Labute approximate surface area is 259 Å². The second kappa shape index (κ2) is 15.0. The van der Waals surface area contributed by atoms with Gasteiger partial charge < -0.3 is 23.7 Å². The van der Waals surface area contributed by atoms with Crippen LogP contribution in [0.4, 0.5) is 0 Å². The standard InChI is InChI=1S/C35H42O7S/c1-23-17-18-28(35(4,5)6)19-30(23)43-34-33(40-21-27-15-11-8-12-16-27)32(41-25(3)37)31(29(42-34)22-38-24(2)36)39-20-26-13-9-7-10-14-26/h7-19,29,31-34H,20-22H2,1-6H3/t29?,31-,32?,33?,34+/m1/s1. The molecule has 0 aliphatic carbocycles. The van der Waals surface area contributed by atoms with Gasteiger partial charge in [-0.15, -0.1) is 0 Å². The Morgan fingerprint density at radius 3 is 1.91 bits per heavy atom. The molecule has 0 aromatic heterocycles. The summed E-state index contributed by atoms with van der Waals surface area (Å²) in [6.45, 7) is 11.8. The molecule has 0 N–H and O–H groups in total. The largest absolute Gasteiger partial charge is 0.463 e. The molecule has 1 aliphatic rings. The maximum atomic E-state index is 12.5. The minimum Gasteiger partial charge on any atom is -0.463 e. The highest BCUT2D eigenvalue weighted by Gasteiger charge is 2.50. The first-order valence-corrected chi connectivity index (χ1v) is 15.4. The molecule has 0 saturated carbocycles. The van der Waals surface area contributed by atoms with E-state index >= 15 is 0 Å². The molecule has 7 nitrogen and oxygen atoms in total. The van der Waals surface area contributed by atoms with Gasteiger partial charge in [0.1, 0.15) is 30.4 Å². The predicted octanol–water partition coefficient (Wildman–Crippen LogP) is 6.78. The lowest BCUT2D eigenvalue weighted by molar-refractivity contribution is -0.246. The summed E-state index contributed by atoms with van der Waals surface area (Å²) in [7, 11) is 0. The van der Waals surface area contributed by atoms with E-state index < -0.39 is 41.8 Å². The molecular weight excluding hydrogens is 564 g/mol. The van der Waals surface area contributed by atoms with Gasteiger partial charge in [0.15, 0.2) is 6.10 Å². The van der Waals surface area contributed by atoms with Crippen molar-refractivity contribution < 1.29 is 33.3 Å². The van der Waals surface area contributed by atoms with Crippen LogP contribution < -0.4 is 0 Å². The van der Waals surface area contributed by atoms with Crippen molar-refractivity contribution in [3.8, 4) is 0 Å². The number of aryl methyl sites for hydroxylation is 1. The van der Waals surface area contributed by atoms with Crippen LogP contribution in [0, 0.1) is 6.92 Å². The maximum Gasteiger partial charge on any atom is 0.303 e. The minimum absolute atomic E-state index is 0.0475. The Kier molecular flexibility index (Phi) is 11.4. The summed E-state index contributed by atoms with van der Waals surface area (Å²) in [5.41, 5.74) is 3.56. The van der Waals surface area contributed by atoms with E-state index in [4.69, 9.17) is 23.7 Å². The Bertz CT molecular complexity index is 1340. The van der Waals surface area contributed by atoms with Crippen molar-refractivity contribution in [2.75, 3.05) is 6.61 Å². The van der Waals surface area contributed by atoms with Gasteiger partial charge in [0.2, 0.25) is 0 Å². The third-order valence-corrected chi connectivity index (χ3v) is 8.52. The van der Waals surface area contributed by atoms with Crippen molar-refractivity contribution in [2.45, 2.75) is 94.9 Å². The second-order valence-corrected chi connectivity index (χ2v) is 12.9. The molecule has 1 aliphatic heterocycles. The van der Waals surface area contributed by atoms with Gasteiger partial charge >= 0.3 is 11.9 Å². The van der Waals surface area contributed by atoms with Crippen LogP contribution in [0.3, 0.4) is 0 Å². The first-order valence-electron chi connectivity index (χ1n) is 14.6. The average molecular weight is 607 g/mol. The summed E-state index contributed by atoms with van der Waals surface area (Å²) in [5.74, 6) is -0.899. The van der Waals surface area contributed by atoms with Crippen molar-refractivity contribution in [3.05, 3.63) is 101 Å². The lowest BCUT2D eigenvalue weighted by atomic mass is 9.87. The van der Waals surface area contributed by atoms with E-state index in [0.717, 1.165) is 21.6 Å². The monoisotopic (exact) mass is 606 g/mol. The minimum atomic E-state index is -0.831. The molecule has 0 spiro atoms. The highest BCUT2D eigenvalue weighted by atomic mass is 32.2. The topological polar surface area (TPSA) is 80.3 Å². The Balaban J connectivity index is 1.72. The zero-order chi connectivity index (χ0) is 31.0. The van der Waals surface area contributed by atoms with E-state index in [1.807, 2.05) is 60.7 Å². The molecule has 43 heavy (non-hydrogen) atoms. The van der Waals surface area contributed by atoms with Crippen LogP contribution in [-0.4, -0.2) is 48.4 Å². The normalized spacial score (nSPS) is 22.1. The zero-order valence-electron chi connectivity index (χ0n) is 25.8. The molecular formula is C35H42O7S. The number of rotatable bonds is 11. The summed E-state index contributed by atoms with van der Waals surface area (Å²) < 4.78 is 31.1. The number of carbonyl (C=O) groups excluding carboxylic acids is 2. The molecule has 1 fully saturated rings. The molecule has 0 radical (unpaired) electrons. The summed E-state index contributed by atoms with van der Waals surface area (Å²) >= 11 is 1.52. The zero-order valence-corrected chi connectivity index (χ0v) is 26.6. The Morgan fingerprint density at radius 1 is 0.791 bits per heavy atom. The summed E-state index contributed by atoms with van der Waals surface area (Å²) in [4.78, 5) is 25.4. The molecule has 230 valence electrons. The van der Waals surface area contributed by atoms with E-state index in [9.17, 15) is 9.59 Å². The number of esters is 2. The number of benzene rings is 3. The van der Waals surface area contributed by atoms with Gasteiger partial charge in [0, 0.05) is 18.7 Å². The quantitative estimate of drug-likeness (QED) is 0.221. The fourth-order valence-electron chi connectivity index (χ4n) is 4.86. The van der Waals surface area contributed by atoms with Crippen LogP contribution in [0.25, 0.3) is 0 Å². The summed E-state index contributed by atoms with van der Waals surface area (Å²) in [6.07, 6.45) is -3.00. The first-order chi connectivity index (χ1) is 20.5. The smallest absolute Gasteiger partial charge is 0.303 e. The van der Waals surface area contributed by atoms with Crippen LogP contribution >= 0.6 is 11.8 Å². The predicted molar refractivity (Wildman–Crippen MR) is 167 cm³/mol. The highest BCUT2D eigenvalue weighted by Crippen LogP contribution is 2.40. The van der Waals surface area contributed by atoms with E-state index in [0.29, 0.717) is 0 Å². The highest BCUT2D eigenvalue weighted by molar-refractivity contribution is 7.99. The number of carbonyl (C=O) groups is 2. The molecule has 0 bridgehead atoms. The van der Waals surface area contributed by atoms with Gasteiger partial charge in [0.25, 0.3) is 0 Å². The molecule has 5 atom stereocenters. The molecule has 3 unspecified atom stereocenters. The molecule has 3 aromatic carbocycles. The van der Waals surface area contributed by atoms with Crippen LogP contribution in [0.15, 0.2) is 83.8 Å². The van der Waals surface area contributed by atoms with Crippen LogP contribution in [0.1, 0.15) is 56.9 Å². The fourth-order valence-corrected chi connectivity index (χ4v) is 6.13. The van der Waals surface area contributed by atoms with Crippen molar-refractivity contribution >= 4 is 23.7 Å². The van der Waals surface area contributed by atoms with Crippen molar-refractivity contribution in [1.82, 2.24) is 0 Å². The number of hydrogen-bond acceptors (Lipinski definition) is 8. The van der Waals surface area contributed by atoms with Gasteiger partial charge in [-0.1, -0.05) is 105 Å². The number of thioether (sulfide) groups is 1. The van der Waals surface area contributed by atoms with Gasteiger partial charge in [-0.25, -0.2) is 0 Å². The van der Waals surface area contributed by atoms with Gasteiger partial charge in [-0.2, -0.15) is 0 Å². The Hall–Kier alpha value is -3.17. The summed E-state index contributed by atoms with van der Waals surface area (Å²) in [6, 6.07) is 26.0. The first kappa shape index (κ1) is 32.7. The average Bonchev–Trinajstić information content (AvgIpc) is 2.96. The van der Waals surface area contributed by atoms with E-state index in [-0.39, 0.29) is 25.2 Å². The van der Waals surface area contributed by atoms with E-state index in [1.165, 1.54) is 31.2 Å². The van der Waals surface area contributed by atoms with Gasteiger partial charge in [-0.3, -0.25) is 9.59 Å². The number of ether oxygens (including phenoxy) is 5. The van der Waals surface area contributed by atoms with Crippen LogP contribution in [0.5, 0.6) is 0 Å². The SMILES string of the molecule is CC(=O)OCC1O[C@@H](Sc2cc(C(C)(C)C)ccc2C)C(OCc2ccccc2)C(OC(C)=O)[C@@H]1OCc1ccccc1. The van der Waals surface area contributed by atoms with Crippen LogP contribution in [-0.2, 0) is 51.9 Å². The lowest BCUT2D eigenvalue weighted by Crippen LogP contribution is -2.60. The lowest BCUT2D eigenvalue weighted by Gasteiger charge is -2.45. The molecule has 0 amide bonds. The number of hydrogen-bond donors (Lipinski definition) is 0. The molecule has 8 heteroatoms. The van der Waals surface area contributed by atoms with Crippen molar-refractivity contribution in [3.63, 3.8) is 0 Å². The van der Waals surface area contributed by atoms with E-state index in [1.54, 1.807) is 0 Å². The molecule has 4 rings (SSSR count). The summed E-state index contributed by atoms with van der Waals surface area (Å²) in [5, 5.41) is 0. The maximum absolute atomic E-state index is 12.5.